The second-order valence-corrected chi connectivity index (χ2v) is 2.69. The fourth-order valence-electron chi connectivity index (χ4n) is 0.988. The zero-order valence-electron chi connectivity index (χ0n) is 7.75. The van der Waals surface area contributed by atoms with Crippen LogP contribution in [0.25, 0.3) is 0 Å². The molecule has 0 saturated heterocycles. The molecule has 1 rings (SSSR count). The van der Waals surface area contributed by atoms with Gasteiger partial charge < -0.3 is 15.6 Å². The van der Waals surface area contributed by atoms with E-state index in [1.54, 1.807) is 6.07 Å². The van der Waals surface area contributed by atoms with Gasteiger partial charge in [0.05, 0.1) is 29.6 Å². The van der Waals surface area contributed by atoms with Crippen LogP contribution in [0.2, 0.25) is 0 Å². The fraction of sp³-hybridized carbons (Fsp3) is 0.250. The molecule has 0 bridgehead atoms. The highest BCUT2D eigenvalue weighted by Gasteiger charge is 2.33. The van der Waals surface area contributed by atoms with Crippen LogP contribution in [-0.4, -0.2) is 16.5 Å². The third-order valence-electron chi connectivity index (χ3n) is 1.68. The molecule has 0 aromatic carbocycles. The lowest BCUT2D eigenvalue weighted by Gasteiger charge is -2.12. The van der Waals surface area contributed by atoms with Crippen molar-refractivity contribution in [3.8, 4) is 11.9 Å². The molecular weight excluding hydrogens is 227 g/mol. The molecule has 0 spiro atoms. The van der Waals surface area contributed by atoms with E-state index < -0.39 is 18.8 Å². The molecule has 1 aromatic rings. The number of ether oxygens (including phenoxy) is 1. The maximum atomic E-state index is 11.9. The molecule has 0 radical (unpaired) electrons. The topological polar surface area (TPSA) is 92.2 Å². The van der Waals surface area contributed by atoms with Crippen molar-refractivity contribution in [3.63, 3.8) is 0 Å². The average Bonchev–Trinajstić information content (AvgIpc) is 2.16. The van der Waals surface area contributed by atoms with Crippen molar-refractivity contribution in [2.45, 2.75) is 13.0 Å². The van der Waals surface area contributed by atoms with Crippen molar-refractivity contribution < 1.29 is 23.0 Å². The number of aliphatic hydroxyl groups is 1. The smallest absolute Gasteiger partial charge is 0.397 e. The van der Waals surface area contributed by atoms with E-state index in [1.807, 2.05) is 0 Å². The monoisotopic (exact) mass is 233 g/mol. The predicted molar refractivity (Wildman–Crippen MR) is 46.0 cm³/mol. The van der Waals surface area contributed by atoms with Gasteiger partial charge in [-0.05, 0) is 0 Å². The van der Waals surface area contributed by atoms with Crippen LogP contribution < -0.4 is 10.5 Å². The number of anilines is 1. The van der Waals surface area contributed by atoms with Crippen molar-refractivity contribution in [1.82, 2.24) is 4.98 Å². The lowest BCUT2D eigenvalue weighted by Crippen LogP contribution is -2.19. The van der Waals surface area contributed by atoms with Gasteiger partial charge in [0.15, 0.2) is 0 Å². The number of hydrogen-bond acceptors (Lipinski definition) is 5. The average molecular weight is 233 g/mol. The first kappa shape index (κ1) is 12.1. The minimum absolute atomic E-state index is 0.126. The molecule has 0 aliphatic rings. The number of halogens is 3. The number of pyridine rings is 1. The summed E-state index contributed by atoms with van der Waals surface area (Å²) >= 11 is 0. The minimum Gasteiger partial charge on any atom is -0.397 e. The van der Waals surface area contributed by atoms with Gasteiger partial charge in [-0.3, -0.25) is 0 Å². The minimum atomic E-state index is -4.93. The van der Waals surface area contributed by atoms with E-state index in [1.165, 1.54) is 0 Å². The molecule has 0 amide bonds. The number of nitriles is 1. The van der Waals surface area contributed by atoms with E-state index >= 15 is 0 Å². The van der Waals surface area contributed by atoms with E-state index in [-0.39, 0.29) is 16.8 Å². The van der Waals surface area contributed by atoms with Gasteiger partial charge in [0, 0.05) is 0 Å². The number of rotatable bonds is 2. The van der Waals surface area contributed by atoms with Gasteiger partial charge in [0.25, 0.3) is 0 Å². The van der Waals surface area contributed by atoms with Gasteiger partial charge in [-0.2, -0.15) is 5.26 Å². The highest BCUT2D eigenvalue weighted by atomic mass is 19.4. The van der Waals surface area contributed by atoms with Crippen molar-refractivity contribution in [3.05, 3.63) is 17.3 Å². The van der Waals surface area contributed by atoms with Gasteiger partial charge in [0.2, 0.25) is 5.88 Å². The third-order valence-corrected chi connectivity index (χ3v) is 1.68. The first-order valence-electron chi connectivity index (χ1n) is 3.93. The zero-order chi connectivity index (χ0) is 12.3. The molecule has 1 aromatic heterocycles. The highest BCUT2D eigenvalue weighted by molar-refractivity contribution is 5.61. The number of aromatic nitrogens is 1. The number of nitrogen functional groups attached to an aromatic ring is 1. The summed E-state index contributed by atoms with van der Waals surface area (Å²) in [5.41, 5.74) is 4.58. The Labute approximate surface area is 87.9 Å². The van der Waals surface area contributed by atoms with E-state index in [0.717, 1.165) is 6.20 Å². The first-order valence-corrected chi connectivity index (χ1v) is 3.93. The van der Waals surface area contributed by atoms with Crippen LogP contribution in [0, 0.1) is 11.3 Å². The van der Waals surface area contributed by atoms with E-state index in [9.17, 15) is 13.2 Å². The van der Waals surface area contributed by atoms with Crippen LogP contribution in [0.3, 0.4) is 0 Å². The number of alkyl halides is 3. The lowest BCUT2D eigenvalue weighted by molar-refractivity contribution is -0.276. The molecule has 0 atom stereocenters. The standard InChI is InChI=1S/C8H6F3N3O2/c9-8(10,11)16-7-5(3-15)6(13)4(1-12)2-14-7/h2,15H,3H2,(H2,13,14). The van der Waals surface area contributed by atoms with E-state index in [4.69, 9.17) is 16.1 Å². The largest absolute Gasteiger partial charge is 0.574 e. The van der Waals surface area contributed by atoms with Gasteiger partial charge in [0.1, 0.15) is 6.07 Å². The number of hydrogen-bond donors (Lipinski definition) is 2. The number of nitrogens with zero attached hydrogens (tertiary/aromatic N) is 2. The summed E-state index contributed by atoms with van der Waals surface area (Å²) in [4.78, 5) is 3.26. The van der Waals surface area contributed by atoms with E-state index in [0.29, 0.717) is 0 Å². The Balaban J connectivity index is 3.22. The Morgan fingerprint density at radius 3 is 2.62 bits per heavy atom. The maximum absolute atomic E-state index is 11.9. The Kier molecular flexibility index (Phi) is 3.20. The van der Waals surface area contributed by atoms with Crippen LogP contribution in [0.5, 0.6) is 5.88 Å². The number of nitrogens with two attached hydrogens (primary N) is 1. The second-order valence-electron chi connectivity index (χ2n) is 2.69. The van der Waals surface area contributed by atoms with Crippen LogP contribution in [0.15, 0.2) is 6.20 Å². The van der Waals surface area contributed by atoms with Crippen LogP contribution in [0.1, 0.15) is 11.1 Å². The van der Waals surface area contributed by atoms with Crippen LogP contribution in [0.4, 0.5) is 18.9 Å². The van der Waals surface area contributed by atoms with E-state index in [2.05, 4.69) is 9.72 Å². The zero-order valence-corrected chi connectivity index (χ0v) is 7.75. The Morgan fingerprint density at radius 2 is 2.19 bits per heavy atom. The molecule has 0 unspecified atom stereocenters. The molecule has 8 heteroatoms. The van der Waals surface area contributed by atoms with Crippen molar-refractivity contribution in [2.75, 3.05) is 5.73 Å². The summed E-state index contributed by atoms with van der Waals surface area (Å²) in [7, 11) is 0. The summed E-state index contributed by atoms with van der Waals surface area (Å²) < 4.78 is 39.3. The molecule has 0 saturated carbocycles. The fourth-order valence-corrected chi connectivity index (χ4v) is 0.988. The van der Waals surface area contributed by atoms with Crippen LogP contribution in [-0.2, 0) is 6.61 Å². The second kappa shape index (κ2) is 4.24. The molecule has 5 nitrogen and oxygen atoms in total. The summed E-state index contributed by atoms with van der Waals surface area (Å²) in [6.45, 7) is -0.806. The summed E-state index contributed by atoms with van der Waals surface area (Å²) in [5.74, 6) is -0.855. The predicted octanol–water partition coefficient (Wildman–Crippen LogP) is 0.926. The molecule has 1 heterocycles. The SMILES string of the molecule is N#Cc1cnc(OC(F)(F)F)c(CO)c1N. The van der Waals surface area contributed by atoms with Gasteiger partial charge in [-0.15, -0.1) is 13.2 Å². The lowest BCUT2D eigenvalue weighted by atomic mass is 10.1. The molecule has 0 aliphatic heterocycles. The van der Waals surface area contributed by atoms with Crippen molar-refractivity contribution >= 4 is 5.69 Å². The summed E-state index contributed by atoms with van der Waals surface area (Å²) in [5, 5.41) is 17.4. The Morgan fingerprint density at radius 1 is 1.56 bits per heavy atom. The highest BCUT2D eigenvalue weighted by Crippen LogP contribution is 2.29. The molecule has 16 heavy (non-hydrogen) atoms. The van der Waals surface area contributed by atoms with Crippen molar-refractivity contribution in [1.29, 1.82) is 5.26 Å². The van der Waals surface area contributed by atoms with Crippen LogP contribution >= 0.6 is 0 Å². The van der Waals surface area contributed by atoms with Gasteiger partial charge in [-0.25, -0.2) is 4.98 Å². The molecule has 0 fully saturated rings. The molecule has 3 N–H and O–H groups in total. The van der Waals surface area contributed by atoms with Crippen molar-refractivity contribution in [2.24, 2.45) is 0 Å². The molecule has 86 valence electrons. The molecular formula is C8H6F3N3O2. The number of aliphatic hydroxyl groups excluding tert-OH is 1. The normalized spacial score (nSPS) is 10.9. The quantitative estimate of drug-likeness (QED) is 0.792. The third kappa shape index (κ3) is 2.52. The Bertz CT molecular complexity index is 439. The summed E-state index contributed by atoms with van der Waals surface area (Å²) in [6.07, 6.45) is -4.09. The Hall–Kier alpha value is -2.01. The maximum Gasteiger partial charge on any atom is 0.574 e. The first-order chi connectivity index (χ1) is 7.39. The summed E-state index contributed by atoms with van der Waals surface area (Å²) in [6, 6.07) is 1.62. The van der Waals surface area contributed by atoms with Gasteiger partial charge in [-0.1, -0.05) is 0 Å². The molecule has 0 aliphatic carbocycles. The van der Waals surface area contributed by atoms with Gasteiger partial charge >= 0.3 is 6.36 Å².